The summed E-state index contributed by atoms with van der Waals surface area (Å²) in [7, 11) is 0. The molecular formula is C18H17N5O2S. The van der Waals surface area contributed by atoms with E-state index in [-0.39, 0.29) is 6.61 Å². The lowest BCUT2D eigenvalue weighted by molar-refractivity contribution is 0.208. The highest BCUT2D eigenvalue weighted by atomic mass is 32.1. The van der Waals surface area contributed by atoms with Crippen LogP contribution in [-0.4, -0.2) is 34.6 Å². The molecule has 2 N–H and O–H groups in total. The number of aromatic nitrogens is 5. The predicted octanol–water partition coefficient (Wildman–Crippen LogP) is 2.43. The minimum absolute atomic E-state index is 0.00457. The third kappa shape index (κ3) is 2.54. The van der Waals surface area contributed by atoms with E-state index in [1.807, 2.05) is 34.9 Å². The first kappa shape index (κ1) is 15.7. The Bertz CT molecular complexity index is 1060. The van der Waals surface area contributed by atoms with E-state index in [2.05, 4.69) is 15.3 Å². The third-order valence-corrected chi connectivity index (χ3v) is 5.99. The largest absolute Gasteiger partial charge is 0.392 e. The zero-order valence-electron chi connectivity index (χ0n) is 13.9. The monoisotopic (exact) mass is 367 g/mol. The van der Waals surface area contributed by atoms with Gasteiger partial charge in [-0.3, -0.25) is 4.40 Å². The molecule has 8 heteroatoms. The highest BCUT2D eigenvalue weighted by Crippen LogP contribution is 2.47. The molecule has 132 valence electrons. The van der Waals surface area contributed by atoms with Crippen LogP contribution in [0.5, 0.6) is 0 Å². The van der Waals surface area contributed by atoms with Crippen LogP contribution in [0.4, 0.5) is 0 Å². The SMILES string of the molecule is OCc1ccc(-n2cc(C(O)c3c(C4CC4)sc4cncn34)nn2)cc1. The lowest BCUT2D eigenvalue weighted by Crippen LogP contribution is -2.06. The van der Waals surface area contributed by atoms with Crippen molar-refractivity contribution in [3.8, 4) is 5.69 Å². The van der Waals surface area contributed by atoms with E-state index in [4.69, 9.17) is 5.11 Å². The molecule has 7 nitrogen and oxygen atoms in total. The fourth-order valence-corrected chi connectivity index (χ4v) is 4.45. The third-order valence-electron chi connectivity index (χ3n) is 4.71. The Hall–Kier alpha value is -2.55. The molecule has 0 radical (unpaired) electrons. The maximum absolute atomic E-state index is 11.0. The second-order valence-electron chi connectivity index (χ2n) is 6.54. The van der Waals surface area contributed by atoms with Crippen molar-refractivity contribution in [2.45, 2.75) is 31.5 Å². The van der Waals surface area contributed by atoms with Crippen molar-refractivity contribution < 1.29 is 10.2 Å². The molecule has 3 heterocycles. The Morgan fingerprint density at radius 1 is 1.23 bits per heavy atom. The topological polar surface area (TPSA) is 88.5 Å². The molecule has 1 aliphatic rings. The number of nitrogens with zero attached hydrogens (tertiary/aromatic N) is 5. The van der Waals surface area contributed by atoms with Crippen LogP contribution in [-0.2, 0) is 6.61 Å². The van der Waals surface area contributed by atoms with Crippen molar-refractivity contribution >= 4 is 16.2 Å². The summed E-state index contributed by atoms with van der Waals surface area (Å²) in [5.74, 6) is 0.533. The minimum Gasteiger partial charge on any atom is -0.392 e. The molecule has 0 aliphatic heterocycles. The van der Waals surface area contributed by atoms with E-state index in [0.717, 1.165) is 21.8 Å². The molecule has 26 heavy (non-hydrogen) atoms. The van der Waals surface area contributed by atoms with Gasteiger partial charge in [-0.05, 0) is 36.5 Å². The highest BCUT2D eigenvalue weighted by Gasteiger charge is 2.33. The number of hydrogen-bond acceptors (Lipinski definition) is 6. The molecule has 1 saturated carbocycles. The van der Waals surface area contributed by atoms with E-state index < -0.39 is 6.10 Å². The van der Waals surface area contributed by atoms with E-state index in [0.29, 0.717) is 11.6 Å². The fourth-order valence-electron chi connectivity index (χ4n) is 3.15. The Labute approximate surface area is 153 Å². The van der Waals surface area contributed by atoms with E-state index in [1.54, 1.807) is 28.5 Å². The van der Waals surface area contributed by atoms with Crippen molar-refractivity contribution in [3.63, 3.8) is 0 Å². The van der Waals surface area contributed by atoms with E-state index >= 15 is 0 Å². The summed E-state index contributed by atoms with van der Waals surface area (Å²) in [6.45, 7) is 0.00457. The molecule has 0 spiro atoms. The van der Waals surface area contributed by atoms with E-state index in [1.165, 1.54) is 17.7 Å². The molecule has 1 fully saturated rings. The molecule has 0 bridgehead atoms. The van der Waals surface area contributed by atoms with Gasteiger partial charge < -0.3 is 10.2 Å². The van der Waals surface area contributed by atoms with Crippen LogP contribution in [0.2, 0.25) is 0 Å². The Morgan fingerprint density at radius 3 is 2.77 bits per heavy atom. The number of imidazole rings is 1. The standard InChI is InChI=1S/C18H17N5O2S/c24-9-11-1-5-13(6-2-11)23-8-14(20-21-23)17(25)16-18(12-3-4-12)26-15-7-19-10-22(15)16/h1-2,5-8,10,12,17,24-25H,3-4,9H2. The lowest BCUT2D eigenvalue weighted by atomic mass is 10.1. The highest BCUT2D eigenvalue weighted by molar-refractivity contribution is 7.17. The summed E-state index contributed by atoms with van der Waals surface area (Å²) in [6, 6.07) is 7.41. The van der Waals surface area contributed by atoms with Crippen LogP contribution in [0.1, 0.15) is 46.7 Å². The summed E-state index contributed by atoms with van der Waals surface area (Å²) in [4.78, 5) is 6.44. The zero-order chi connectivity index (χ0) is 17.7. The number of hydrogen-bond donors (Lipinski definition) is 2. The van der Waals surface area contributed by atoms with Crippen LogP contribution >= 0.6 is 11.3 Å². The predicted molar refractivity (Wildman–Crippen MR) is 96.4 cm³/mol. The van der Waals surface area contributed by atoms with Crippen molar-refractivity contribution in [3.05, 3.63) is 64.8 Å². The fraction of sp³-hybridized carbons (Fsp3) is 0.278. The molecule has 0 amide bonds. The summed E-state index contributed by atoms with van der Waals surface area (Å²) < 4.78 is 3.59. The summed E-state index contributed by atoms with van der Waals surface area (Å²) in [5, 5.41) is 28.5. The van der Waals surface area contributed by atoms with Gasteiger partial charge >= 0.3 is 0 Å². The van der Waals surface area contributed by atoms with Gasteiger partial charge in [0.2, 0.25) is 0 Å². The number of rotatable bonds is 5. The van der Waals surface area contributed by atoms with Gasteiger partial charge in [-0.15, -0.1) is 16.4 Å². The molecule has 3 aromatic heterocycles. The van der Waals surface area contributed by atoms with Crippen LogP contribution in [0.15, 0.2) is 43.0 Å². The average Bonchev–Trinajstić information content (AvgIpc) is 3.09. The Balaban J connectivity index is 1.51. The first-order valence-corrected chi connectivity index (χ1v) is 9.31. The van der Waals surface area contributed by atoms with Gasteiger partial charge in [0.05, 0.1) is 30.4 Å². The molecule has 1 aromatic carbocycles. The number of benzene rings is 1. The second kappa shape index (κ2) is 6.01. The normalized spacial score (nSPS) is 15.6. The molecule has 1 atom stereocenters. The molecule has 0 saturated heterocycles. The molecular weight excluding hydrogens is 350 g/mol. The molecule has 4 aromatic rings. The summed E-state index contributed by atoms with van der Waals surface area (Å²) >= 11 is 1.69. The molecule has 1 unspecified atom stereocenters. The van der Waals surface area contributed by atoms with Gasteiger partial charge in [0.15, 0.2) is 0 Å². The Morgan fingerprint density at radius 2 is 2.04 bits per heavy atom. The van der Waals surface area contributed by atoms with Crippen molar-refractivity contribution in [1.82, 2.24) is 24.4 Å². The van der Waals surface area contributed by atoms with Crippen LogP contribution in [0.3, 0.4) is 0 Å². The van der Waals surface area contributed by atoms with Crippen molar-refractivity contribution in [2.75, 3.05) is 0 Å². The van der Waals surface area contributed by atoms with Crippen molar-refractivity contribution in [2.24, 2.45) is 0 Å². The van der Waals surface area contributed by atoms with Gasteiger partial charge in [-0.2, -0.15) is 0 Å². The van der Waals surface area contributed by atoms with Crippen molar-refractivity contribution in [1.29, 1.82) is 0 Å². The Kier molecular flexibility index (Phi) is 3.63. The summed E-state index contributed by atoms with van der Waals surface area (Å²) in [6.07, 6.45) is 6.80. The van der Waals surface area contributed by atoms with Crippen LogP contribution < -0.4 is 0 Å². The van der Waals surface area contributed by atoms with Crippen LogP contribution in [0.25, 0.3) is 10.5 Å². The molecule has 5 rings (SSSR count). The number of thiazole rings is 1. The van der Waals surface area contributed by atoms with Gasteiger partial charge in [0.1, 0.15) is 23.0 Å². The van der Waals surface area contributed by atoms with Gasteiger partial charge in [0, 0.05) is 4.88 Å². The number of fused-ring (bicyclic) bond motifs is 1. The van der Waals surface area contributed by atoms with Gasteiger partial charge in [-0.1, -0.05) is 17.3 Å². The average molecular weight is 367 g/mol. The van der Waals surface area contributed by atoms with Crippen LogP contribution in [0, 0.1) is 0 Å². The first-order valence-electron chi connectivity index (χ1n) is 8.49. The quantitative estimate of drug-likeness (QED) is 0.566. The molecule has 1 aliphatic carbocycles. The van der Waals surface area contributed by atoms with Gasteiger partial charge in [-0.25, -0.2) is 9.67 Å². The number of aliphatic hydroxyl groups is 2. The number of aliphatic hydroxyl groups excluding tert-OH is 2. The first-order chi connectivity index (χ1) is 12.7. The minimum atomic E-state index is -0.848. The maximum atomic E-state index is 11.0. The smallest absolute Gasteiger partial charge is 0.141 e. The summed E-state index contributed by atoms with van der Waals surface area (Å²) in [5.41, 5.74) is 3.02. The van der Waals surface area contributed by atoms with Gasteiger partial charge in [0.25, 0.3) is 0 Å². The lowest BCUT2D eigenvalue weighted by Gasteiger charge is -2.09. The zero-order valence-corrected chi connectivity index (χ0v) is 14.7. The van der Waals surface area contributed by atoms with E-state index in [9.17, 15) is 5.11 Å². The second-order valence-corrected chi connectivity index (χ2v) is 7.61. The maximum Gasteiger partial charge on any atom is 0.141 e.